The number of benzene rings is 2. The lowest BCUT2D eigenvalue weighted by Gasteiger charge is -2.07. The minimum atomic E-state index is -0.391. The first kappa shape index (κ1) is 21.3. The molecule has 0 aliphatic carbocycles. The molecule has 0 saturated heterocycles. The number of carbonyl (C=O) groups excluding carboxylic acids is 2. The number of aromatic nitrogens is 1. The van der Waals surface area contributed by atoms with Gasteiger partial charge in [-0.1, -0.05) is 35.0 Å². The Morgan fingerprint density at radius 3 is 2.73 bits per heavy atom. The predicted octanol–water partition coefficient (Wildman–Crippen LogP) is 3.50. The van der Waals surface area contributed by atoms with E-state index in [-0.39, 0.29) is 18.9 Å². The minimum absolute atomic E-state index is 0.114. The Labute approximate surface area is 178 Å². The van der Waals surface area contributed by atoms with Crippen LogP contribution < -0.4 is 9.54 Å². The average molecular weight is 423 g/mol. The molecule has 7 heteroatoms. The largest absolute Gasteiger partial charge is 0.496 e. The summed E-state index contributed by atoms with van der Waals surface area (Å²) in [5.41, 5.74) is 3.07. The smallest absolute Gasteiger partial charge is 0.338 e. The van der Waals surface area contributed by atoms with Crippen LogP contribution in [0.25, 0.3) is 10.2 Å². The molecule has 0 atom stereocenters. The SMILES string of the molecule is C#CCn1c(=NC(=O)Cc2cc(C)ccc2OC)sc2cc(C(=O)OCC)ccc21. The molecular formula is C23H22N2O4S. The van der Waals surface area contributed by atoms with Gasteiger partial charge < -0.3 is 14.0 Å². The number of aryl methyl sites for hydroxylation is 1. The van der Waals surface area contributed by atoms with Crippen molar-refractivity contribution in [1.29, 1.82) is 0 Å². The van der Waals surface area contributed by atoms with Crippen LogP contribution in [0.1, 0.15) is 28.4 Å². The number of hydrogen-bond donors (Lipinski definition) is 0. The van der Waals surface area contributed by atoms with E-state index in [0.29, 0.717) is 22.7 Å². The number of esters is 1. The summed E-state index contributed by atoms with van der Waals surface area (Å²) < 4.78 is 13.0. The van der Waals surface area contributed by atoms with Gasteiger partial charge in [-0.2, -0.15) is 4.99 Å². The van der Waals surface area contributed by atoms with Crippen molar-refractivity contribution < 1.29 is 19.1 Å². The Morgan fingerprint density at radius 1 is 1.23 bits per heavy atom. The molecule has 0 bridgehead atoms. The Hall–Kier alpha value is -3.37. The van der Waals surface area contributed by atoms with E-state index >= 15 is 0 Å². The second-order valence-electron chi connectivity index (χ2n) is 6.58. The molecule has 0 radical (unpaired) electrons. The fourth-order valence-electron chi connectivity index (χ4n) is 3.10. The van der Waals surface area contributed by atoms with Crippen molar-refractivity contribution in [3.8, 4) is 18.1 Å². The molecule has 0 saturated carbocycles. The van der Waals surface area contributed by atoms with Crippen LogP contribution in [0.3, 0.4) is 0 Å². The highest BCUT2D eigenvalue weighted by molar-refractivity contribution is 7.16. The lowest BCUT2D eigenvalue weighted by atomic mass is 10.1. The number of terminal acetylenes is 1. The lowest BCUT2D eigenvalue weighted by molar-refractivity contribution is -0.117. The third-order valence-electron chi connectivity index (χ3n) is 4.44. The van der Waals surface area contributed by atoms with Gasteiger partial charge in [0.15, 0.2) is 4.80 Å². The Balaban J connectivity index is 2.01. The van der Waals surface area contributed by atoms with E-state index in [0.717, 1.165) is 21.3 Å². The summed E-state index contributed by atoms with van der Waals surface area (Å²) in [5, 5.41) is 0. The van der Waals surface area contributed by atoms with Crippen LogP contribution in [-0.4, -0.2) is 30.2 Å². The summed E-state index contributed by atoms with van der Waals surface area (Å²) in [4.78, 5) is 29.5. The summed E-state index contributed by atoms with van der Waals surface area (Å²) >= 11 is 1.31. The third kappa shape index (κ3) is 4.61. The van der Waals surface area contributed by atoms with Crippen molar-refractivity contribution in [3.05, 3.63) is 57.9 Å². The van der Waals surface area contributed by atoms with Gasteiger partial charge >= 0.3 is 5.97 Å². The highest BCUT2D eigenvalue weighted by atomic mass is 32.1. The number of rotatable bonds is 6. The number of thiazole rings is 1. The maximum Gasteiger partial charge on any atom is 0.338 e. The highest BCUT2D eigenvalue weighted by Gasteiger charge is 2.13. The van der Waals surface area contributed by atoms with Gasteiger partial charge in [-0.05, 0) is 38.1 Å². The first-order chi connectivity index (χ1) is 14.5. The van der Waals surface area contributed by atoms with Crippen molar-refractivity contribution in [1.82, 2.24) is 4.57 Å². The Kier molecular flexibility index (Phi) is 6.70. The fourth-order valence-corrected chi connectivity index (χ4v) is 4.18. The molecule has 0 spiro atoms. The van der Waals surface area contributed by atoms with E-state index < -0.39 is 5.97 Å². The number of ether oxygens (including phenoxy) is 2. The first-order valence-corrected chi connectivity index (χ1v) is 10.2. The van der Waals surface area contributed by atoms with E-state index in [1.165, 1.54) is 11.3 Å². The monoisotopic (exact) mass is 422 g/mol. The van der Waals surface area contributed by atoms with Crippen molar-refractivity contribution in [2.24, 2.45) is 4.99 Å². The topological polar surface area (TPSA) is 69.9 Å². The third-order valence-corrected chi connectivity index (χ3v) is 5.48. The molecule has 30 heavy (non-hydrogen) atoms. The second-order valence-corrected chi connectivity index (χ2v) is 7.58. The summed E-state index contributed by atoms with van der Waals surface area (Å²) in [5.74, 6) is 2.55. The van der Waals surface area contributed by atoms with Crippen LogP contribution in [0.15, 0.2) is 41.4 Å². The molecule has 0 aliphatic heterocycles. The minimum Gasteiger partial charge on any atom is -0.496 e. The molecule has 3 rings (SSSR count). The van der Waals surface area contributed by atoms with Crippen LogP contribution in [0.2, 0.25) is 0 Å². The van der Waals surface area contributed by atoms with Gasteiger partial charge in [0.1, 0.15) is 5.75 Å². The van der Waals surface area contributed by atoms with E-state index in [4.69, 9.17) is 15.9 Å². The van der Waals surface area contributed by atoms with Crippen LogP contribution in [0.5, 0.6) is 5.75 Å². The maximum atomic E-state index is 12.7. The van der Waals surface area contributed by atoms with E-state index in [2.05, 4.69) is 10.9 Å². The van der Waals surface area contributed by atoms with Crippen LogP contribution in [0, 0.1) is 19.3 Å². The van der Waals surface area contributed by atoms with Crippen molar-refractivity contribution in [2.75, 3.05) is 13.7 Å². The molecule has 154 valence electrons. The Morgan fingerprint density at radius 2 is 2.03 bits per heavy atom. The fraction of sp³-hybridized carbons (Fsp3) is 0.261. The highest BCUT2D eigenvalue weighted by Crippen LogP contribution is 2.22. The number of nitrogens with zero attached hydrogens (tertiary/aromatic N) is 2. The van der Waals surface area contributed by atoms with Gasteiger partial charge in [-0.25, -0.2) is 4.79 Å². The average Bonchev–Trinajstić information content (AvgIpc) is 3.05. The van der Waals surface area contributed by atoms with Crippen molar-refractivity contribution in [2.45, 2.75) is 26.8 Å². The lowest BCUT2D eigenvalue weighted by Crippen LogP contribution is -2.17. The molecule has 0 N–H and O–H groups in total. The van der Waals surface area contributed by atoms with E-state index in [9.17, 15) is 9.59 Å². The van der Waals surface area contributed by atoms with Gasteiger partial charge in [0.25, 0.3) is 5.91 Å². The number of carbonyl (C=O) groups is 2. The molecule has 1 heterocycles. The van der Waals surface area contributed by atoms with Gasteiger partial charge in [-0.3, -0.25) is 4.79 Å². The van der Waals surface area contributed by atoms with Crippen LogP contribution in [-0.2, 0) is 22.5 Å². The summed E-state index contributed by atoms with van der Waals surface area (Å²) in [6, 6.07) is 10.9. The molecule has 1 aromatic heterocycles. The van der Waals surface area contributed by atoms with Crippen molar-refractivity contribution >= 4 is 33.4 Å². The van der Waals surface area contributed by atoms with Gasteiger partial charge in [0.05, 0.1) is 42.5 Å². The first-order valence-electron chi connectivity index (χ1n) is 9.41. The summed E-state index contributed by atoms with van der Waals surface area (Å²) in [6.45, 7) is 4.28. The van der Waals surface area contributed by atoms with Crippen LogP contribution >= 0.6 is 11.3 Å². The number of amides is 1. The molecule has 0 aliphatic rings. The zero-order chi connectivity index (χ0) is 21.7. The molecule has 6 nitrogen and oxygen atoms in total. The van der Waals surface area contributed by atoms with Gasteiger partial charge in [0.2, 0.25) is 0 Å². The quantitative estimate of drug-likeness (QED) is 0.450. The molecule has 1 amide bonds. The van der Waals surface area contributed by atoms with Gasteiger partial charge in [0, 0.05) is 5.56 Å². The number of fused-ring (bicyclic) bond motifs is 1. The molecular weight excluding hydrogens is 400 g/mol. The molecule has 0 unspecified atom stereocenters. The zero-order valence-corrected chi connectivity index (χ0v) is 17.9. The van der Waals surface area contributed by atoms with E-state index in [1.54, 1.807) is 36.8 Å². The van der Waals surface area contributed by atoms with Crippen molar-refractivity contribution in [3.63, 3.8) is 0 Å². The summed E-state index contributed by atoms with van der Waals surface area (Å²) in [6.07, 6.45) is 5.64. The predicted molar refractivity (Wildman–Crippen MR) is 117 cm³/mol. The van der Waals surface area contributed by atoms with Crippen LogP contribution in [0.4, 0.5) is 0 Å². The maximum absolute atomic E-state index is 12.7. The van der Waals surface area contributed by atoms with Gasteiger partial charge in [-0.15, -0.1) is 6.42 Å². The Bertz CT molecular complexity index is 1210. The zero-order valence-electron chi connectivity index (χ0n) is 17.1. The number of hydrogen-bond acceptors (Lipinski definition) is 5. The number of methoxy groups -OCH3 is 1. The normalized spacial score (nSPS) is 11.3. The summed E-state index contributed by atoms with van der Waals surface area (Å²) in [7, 11) is 1.57. The molecule has 0 fully saturated rings. The molecule has 3 aromatic rings. The molecule has 2 aromatic carbocycles. The van der Waals surface area contributed by atoms with E-state index in [1.807, 2.05) is 25.1 Å². The second kappa shape index (κ2) is 9.42. The standard InChI is InChI=1S/C23H22N2O4S/c1-5-11-25-18-9-8-16(22(27)29-6-2)13-20(18)30-23(25)24-21(26)14-17-12-15(3)7-10-19(17)28-4/h1,7-10,12-13H,6,11,14H2,2-4H3.